The summed E-state index contributed by atoms with van der Waals surface area (Å²) in [5.41, 5.74) is 1.19. The monoisotopic (exact) mass is 336 g/mol. The molecule has 0 radical (unpaired) electrons. The van der Waals surface area contributed by atoms with Gasteiger partial charge in [-0.1, -0.05) is 0 Å². The second-order valence-corrected chi connectivity index (χ2v) is 6.56. The van der Waals surface area contributed by atoms with Gasteiger partial charge in [0.25, 0.3) is 0 Å². The Morgan fingerprint density at radius 3 is 3.15 bits per heavy atom. The van der Waals surface area contributed by atoms with E-state index in [9.17, 15) is 0 Å². The maximum absolute atomic E-state index is 5.85. The van der Waals surface area contributed by atoms with Crippen LogP contribution in [0.4, 0.5) is 0 Å². The fourth-order valence-corrected chi connectivity index (χ4v) is 3.49. The molecule has 2 aromatic rings. The standard InChI is InChI=1S/C14H17BrN4O/c15-10-6-16-19(7-10)11-4-5-18(8-11)9-14-17-12-2-1-3-13(12)20-14/h6-7,11H,1-5,8-9H2. The van der Waals surface area contributed by atoms with Crippen molar-refractivity contribution >= 4 is 15.9 Å². The van der Waals surface area contributed by atoms with Crippen LogP contribution < -0.4 is 0 Å². The van der Waals surface area contributed by atoms with Gasteiger partial charge < -0.3 is 4.42 Å². The molecule has 0 spiro atoms. The number of halogens is 1. The minimum Gasteiger partial charge on any atom is -0.444 e. The Hall–Kier alpha value is -1.14. The lowest BCUT2D eigenvalue weighted by Crippen LogP contribution is -2.21. The van der Waals surface area contributed by atoms with Crippen LogP contribution in [-0.4, -0.2) is 32.8 Å². The number of oxazole rings is 1. The summed E-state index contributed by atoms with van der Waals surface area (Å²) in [6.45, 7) is 2.92. The van der Waals surface area contributed by atoms with Crippen molar-refractivity contribution in [3.8, 4) is 0 Å². The van der Waals surface area contributed by atoms with Crippen molar-refractivity contribution in [2.75, 3.05) is 13.1 Å². The Labute approximate surface area is 126 Å². The van der Waals surface area contributed by atoms with Gasteiger partial charge in [-0.05, 0) is 35.2 Å². The van der Waals surface area contributed by atoms with E-state index in [0.717, 1.165) is 55.0 Å². The third-order valence-electron chi connectivity index (χ3n) is 4.19. The summed E-state index contributed by atoms with van der Waals surface area (Å²) >= 11 is 3.45. The molecule has 0 aromatic carbocycles. The first-order valence-electron chi connectivity index (χ1n) is 7.17. The van der Waals surface area contributed by atoms with E-state index in [1.165, 1.54) is 12.1 Å². The third-order valence-corrected chi connectivity index (χ3v) is 4.60. The van der Waals surface area contributed by atoms with Crippen molar-refractivity contribution in [2.24, 2.45) is 0 Å². The van der Waals surface area contributed by atoms with Crippen LogP contribution in [0.15, 0.2) is 21.3 Å². The summed E-state index contributed by atoms with van der Waals surface area (Å²) < 4.78 is 8.95. The maximum atomic E-state index is 5.85. The largest absolute Gasteiger partial charge is 0.444 e. The summed E-state index contributed by atoms with van der Waals surface area (Å²) in [5, 5.41) is 4.38. The van der Waals surface area contributed by atoms with Crippen LogP contribution >= 0.6 is 15.9 Å². The van der Waals surface area contributed by atoms with Crippen LogP contribution in [0.3, 0.4) is 0 Å². The molecule has 2 aliphatic rings. The molecule has 0 bridgehead atoms. The average Bonchev–Trinajstić information content (AvgIpc) is 3.12. The summed E-state index contributed by atoms with van der Waals surface area (Å²) in [4.78, 5) is 7.02. The van der Waals surface area contributed by atoms with Crippen LogP contribution in [0.5, 0.6) is 0 Å². The summed E-state index contributed by atoms with van der Waals surface area (Å²) in [6, 6.07) is 0.461. The maximum Gasteiger partial charge on any atom is 0.208 e. The zero-order valence-corrected chi connectivity index (χ0v) is 12.8. The molecule has 2 aromatic heterocycles. The fraction of sp³-hybridized carbons (Fsp3) is 0.571. The third kappa shape index (κ3) is 2.31. The first kappa shape index (κ1) is 12.6. The molecule has 5 nitrogen and oxygen atoms in total. The Morgan fingerprint density at radius 2 is 2.35 bits per heavy atom. The second kappa shape index (κ2) is 5.00. The minimum atomic E-state index is 0.461. The lowest BCUT2D eigenvalue weighted by molar-refractivity contribution is 0.273. The second-order valence-electron chi connectivity index (χ2n) is 5.65. The SMILES string of the molecule is Brc1cnn(C2CCN(Cc3nc4c(o3)CCC4)C2)c1. The minimum absolute atomic E-state index is 0.461. The predicted molar refractivity (Wildman–Crippen MR) is 77.4 cm³/mol. The van der Waals surface area contributed by atoms with Gasteiger partial charge in [0.05, 0.1) is 29.0 Å². The number of rotatable bonds is 3. The highest BCUT2D eigenvalue weighted by atomic mass is 79.9. The van der Waals surface area contributed by atoms with Crippen molar-refractivity contribution in [1.82, 2.24) is 19.7 Å². The van der Waals surface area contributed by atoms with Crippen molar-refractivity contribution in [1.29, 1.82) is 0 Å². The molecule has 6 heteroatoms. The molecule has 1 atom stereocenters. The molecule has 4 rings (SSSR count). The Kier molecular flexibility index (Phi) is 3.15. The smallest absolute Gasteiger partial charge is 0.208 e. The highest BCUT2D eigenvalue weighted by Crippen LogP contribution is 2.26. The number of aryl methyl sites for hydroxylation is 2. The zero-order chi connectivity index (χ0) is 13.5. The molecular weight excluding hydrogens is 320 g/mol. The fourth-order valence-electron chi connectivity index (χ4n) is 3.19. The average molecular weight is 337 g/mol. The summed E-state index contributed by atoms with van der Waals surface area (Å²) in [7, 11) is 0. The van der Waals surface area contributed by atoms with Gasteiger partial charge in [0.2, 0.25) is 5.89 Å². The Bertz CT molecular complexity index is 599. The molecule has 1 aliphatic carbocycles. The van der Waals surface area contributed by atoms with Crippen molar-refractivity contribution in [3.63, 3.8) is 0 Å². The van der Waals surface area contributed by atoms with E-state index in [1.807, 2.05) is 12.4 Å². The molecule has 106 valence electrons. The first-order chi connectivity index (χ1) is 9.78. The molecule has 20 heavy (non-hydrogen) atoms. The van der Waals surface area contributed by atoms with Gasteiger partial charge in [-0.25, -0.2) is 4.98 Å². The van der Waals surface area contributed by atoms with Gasteiger partial charge in [0.1, 0.15) is 5.76 Å². The lowest BCUT2D eigenvalue weighted by atomic mass is 10.3. The number of likely N-dealkylation sites (tertiary alicyclic amines) is 1. The highest BCUT2D eigenvalue weighted by molar-refractivity contribution is 9.10. The van der Waals surface area contributed by atoms with Crippen LogP contribution in [0, 0.1) is 0 Å². The molecule has 1 fully saturated rings. The summed E-state index contributed by atoms with van der Waals surface area (Å²) in [5.74, 6) is 2.00. The van der Waals surface area contributed by atoms with Gasteiger partial charge in [0.15, 0.2) is 0 Å². The first-order valence-corrected chi connectivity index (χ1v) is 7.97. The molecule has 1 unspecified atom stereocenters. The van der Waals surface area contributed by atoms with Gasteiger partial charge in [-0.2, -0.15) is 5.10 Å². The number of aromatic nitrogens is 3. The summed E-state index contributed by atoms with van der Waals surface area (Å²) in [6.07, 6.45) is 8.38. The van der Waals surface area contributed by atoms with E-state index < -0.39 is 0 Å². The van der Waals surface area contributed by atoms with Crippen molar-refractivity contribution < 1.29 is 4.42 Å². The van der Waals surface area contributed by atoms with E-state index in [0.29, 0.717) is 6.04 Å². The molecule has 0 amide bonds. The van der Waals surface area contributed by atoms with Crippen LogP contribution in [0.2, 0.25) is 0 Å². The molecule has 1 aliphatic heterocycles. The Balaban J connectivity index is 1.41. The lowest BCUT2D eigenvalue weighted by Gasteiger charge is -2.14. The number of nitrogens with zero attached hydrogens (tertiary/aromatic N) is 4. The van der Waals surface area contributed by atoms with Gasteiger partial charge in [-0.15, -0.1) is 0 Å². The molecule has 3 heterocycles. The van der Waals surface area contributed by atoms with Crippen LogP contribution in [0.25, 0.3) is 0 Å². The molecular formula is C14H17BrN4O. The number of fused-ring (bicyclic) bond motifs is 1. The highest BCUT2D eigenvalue weighted by Gasteiger charge is 2.26. The van der Waals surface area contributed by atoms with E-state index in [4.69, 9.17) is 4.42 Å². The van der Waals surface area contributed by atoms with Crippen LogP contribution in [-0.2, 0) is 19.4 Å². The van der Waals surface area contributed by atoms with Crippen LogP contribution in [0.1, 0.15) is 36.2 Å². The topological polar surface area (TPSA) is 47.1 Å². The quantitative estimate of drug-likeness (QED) is 0.864. The normalized spacial score (nSPS) is 22.6. The molecule has 1 saturated heterocycles. The van der Waals surface area contributed by atoms with E-state index in [2.05, 4.69) is 35.6 Å². The van der Waals surface area contributed by atoms with Crippen molar-refractivity contribution in [3.05, 3.63) is 34.2 Å². The van der Waals surface area contributed by atoms with E-state index in [1.54, 1.807) is 0 Å². The van der Waals surface area contributed by atoms with Gasteiger partial charge >= 0.3 is 0 Å². The van der Waals surface area contributed by atoms with Gasteiger partial charge in [0, 0.05) is 25.7 Å². The zero-order valence-electron chi connectivity index (χ0n) is 11.3. The van der Waals surface area contributed by atoms with E-state index in [-0.39, 0.29) is 0 Å². The number of hydrogen-bond donors (Lipinski definition) is 0. The number of hydrogen-bond acceptors (Lipinski definition) is 4. The predicted octanol–water partition coefficient (Wildman–Crippen LogP) is 2.57. The molecule has 0 N–H and O–H groups in total. The Morgan fingerprint density at radius 1 is 1.40 bits per heavy atom. The molecule has 0 saturated carbocycles. The van der Waals surface area contributed by atoms with Gasteiger partial charge in [-0.3, -0.25) is 9.58 Å². The van der Waals surface area contributed by atoms with Crippen molar-refractivity contribution in [2.45, 2.75) is 38.3 Å². The van der Waals surface area contributed by atoms with E-state index >= 15 is 0 Å².